The molecule has 3 rings (SSSR count). The number of hydrogen-bond acceptors (Lipinski definition) is 3. The summed E-state index contributed by atoms with van der Waals surface area (Å²) in [5.74, 6) is -2.47. The van der Waals surface area contributed by atoms with E-state index in [0.717, 1.165) is 12.3 Å². The van der Waals surface area contributed by atoms with Gasteiger partial charge in [0.1, 0.15) is 0 Å². The number of hydrogen-bond donors (Lipinski definition) is 0. The van der Waals surface area contributed by atoms with Crippen LogP contribution in [0.15, 0.2) is 42.6 Å². The normalized spacial score (nSPS) is 11.8. The number of benzene rings is 1. The molecule has 0 bridgehead atoms. The van der Waals surface area contributed by atoms with Gasteiger partial charge >= 0.3 is 12.1 Å². The van der Waals surface area contributed by atoms with Crippen LogP contribution in [0.5, 0.6) is 0 Å². The van der Waals surface area contributed by atoms with E-state index in [1.165, 1.54) is 10.5 Å². The fourth-order valence-corrected chi connectivity index (χ4v) is 2.72. The number of esters is 1. The number of ether oxygens (including phenoxy) is 1. The largest absolute Gasteiger partial charge is 0.462 e. The Balaban J connectivity index is 2.23. The quantitative estimate of drug-likeness (QED) is 0.518. The van der Waals surface area contributed by atoms with Crippen molar-refractivity contribution in [3.63, 3.8) is 0 Å². The minimum Gasteiger partial charge on any atom is -0.462 e. The summed E-state index contributed by atoms with van der Waals surface area (Å²) in [6.45, 7) is 2.10. The molecule has 130 valence electrons. The monoisotopic (exact) mass is 349 g/mol. The summed E-state index contributed by atoms with van der Waals surface area (Å²) in [5, 5.41) is 0.556. The van der Waals surface area contributed by atoms with E-state index in [-0.39, 0.29) is 12.2 Å². The van der Waals surface area contributed by atoms with Crippen molar-refractivity contribution in [2.24, 2.45) is 0 Å². The predicted octanol–water partition coefficient (Wildman–Crippen LogP) is 4.40. The number of fused-ring (bicyclic) bond motifs is 3. The van der Waals surface area contributed by atoms with Gasteiger partial charge in [0.2, 0.25) is 0 Å². The lowest BCUT2D eigenvalue weighted by Gasteiger charge is -2.07. The molecule has 0 spiro atoms. The fourth-order valence-electron chi connectivity index (χ4n) is 2.72. The van der Waals surface area contributed by atoms with E-state index in [0.29, 0.717) is 22.8 Å². The lowest BCUT2D eigenvalue weighted by atomic mass is 10.1. The van der Waals surface area contributed by atoms with Gasteiger partial charge in [0.15, 0.2) is 0 Å². The molecule has 0 saturated heterocycles. The number of carbonyl (C=O) groups is 2. The standard InChI is InChI=1S/C18H14F3NO3/c1-2-9-25-17(24)15-12-5-3-4-6-13(12)22-10-11(7-8-14(15)22)16(23)18(19,20)21/h3-8,10H,2,9H2,1H3. The first kappa shape index (κ1) is 17.0. The fraction of sp³-hybridized carbons (Fsp3) is 0.222. The summed E-state index contributed by atoms with van der Waals surface area (Å²) < 4.78 is 44.7. The van der Waals surface area contributed by atoms with Crippen molar-refractivity contribution in [3.05, 3.63) is 53.7 Å². The first-order chi connectivity index (χ1) is 11.8. The molecule has 3 aromatic rings. The molecule has 0 N–H and O–H groups in total. The van der Waals surface area contributed by atoms with E-state index >= 15 is 0 Å². The van der Waals surface area contributed by atoms with E-state index in [1.54, 1.807) is 24.3 Å². The van der Waals surface area contributed by atoms with Gasteiger partial charge in [0.05, 0.1) is 23.2 Å². The molecule has 2 heterocycles. The second kappa shape index (κ2) is 6.23. The summed E-state index contributed by atoms with van der Waals surface area (Å²) in [6.07, 6.45) is -3.21. The number of para-hydroxylation sites is 1. The van der Waals surface area contributed by atoms with Crippen LogP contribution in [0.25, 0.3) is 16.4 Å². The third-order valence-corrected chi connectivity index (χ3v) is 3.80. The molecular formula is C18H14F3NO3. The van der Waals surface area contributed by atoms with Crippen LogP contribution in [0, 0.1) is 0 Å². The number of Topliss-reactive ketones (excluding diaryl/α,β-unsaturated/α-hetero) is 1. The van der Waals surface area contributed by atoms with Gasteiger partial charge in [-0.2, -0.15) is 13.2 Å². The number of nitrogens with zero attached hydrogens (tertiary/aromatic N) is 1. The number of halogens is 3. The number of aromatic nitrogens is 1. The zero-order valence-electron chi connectivity index (χ0n) is 13.3. The number of ketones is 1. The van der Waals surface area contributed by atoms with Crippen molar-refractivity contribution in [1.82, 2.24) is 4.40 Å². The number of rotatable bonds is 4. The van der Waals surface area contributed by atoms with Gasteiger partial charge in [-0.1, -0.05) is 25.1 Å². The molecule has 0 unspecified atom stereocenters. The van der Waals surface area contributed by atoms with Gasteiger partial charge in [-0.05, 0) is 24.6 Å². The van der Waals surface area contributed by atoms with Crippen molar-refractivity contribution in [3.8, 4) is 0 Å². The van der Waals surface area contributed by atoms with E-state index in [9.17, 15) is 22.8 Å². The van der Waals surface area contributed by atoms with Gasteiger partial charge in [-0.3, -0.25) is 4.79 Å². The predicted molar refractivity (Wildman–Crippen MR) is 85.9 cm³/mol. The number of pyridine rings is 1. The van der Waals surface area contributed by atoms with E-state index < -0.39 is 23.5 Å². The average molecular weight is 349 g/mol. The Morgan fingerprint density at radius 1 is 1.08 bits per heavy atom. The number of alkyl halides is 3. The molecular weight excluding hydrogens is 335 g/mol. The summed E-state index contributed by atoms with van der Waals surface area (Å²) in [6, 6.07) is 9.19. The Morgan fingerprint density at radius 2 is 1.80 bits per heavy atom. The highest BCUT2D eigenvalue weighted by atomic mass is 19.4. The molecule has 0 aliphatic carbocycles. The Bertz CT molecular complexity index is 973. The summed E-state index contributed by atoms with van der Waals surface area (Å²) in [7, 11) is 0. The molecule has 0 aliphatic heterocycles. The maximum atomic E-state index is 12.7. The molecule has 1 aromatic carbocycles. The highest BCUT2D eigenvalue weighted by Crippen LogP contribution is 2.29. The average Bonchev–Trinajstić information content (AvgIpc) is 2.92. The lowest BCUT2D eigenvalue weighted by molar-refractivity contribution is -0.0885. The Hall–Kier alpha value is -2.83. The van der Waals surface area contributed by atoms with Gasteiger partial charge < -0.3 is 9.14 Å². The van der Waals surface area contributed by atoms with Crippen LogP contribution in [0.4, 0.5) is 13.2 Å². The third-order valence-electron chi connectivity index (χ3n) is 3.80. The van der Waals surface area contributed by atoms with E-state index in [4.69, 9.17) is 4.74 Å². The minimum absolute atomic E-state index is 0.245. The van der Waals surface area contributed by atoms with E-state index in [2.05, 4.69) is 0 Å². The van der Waals surface area contributed by atoms with Crippen LogP contribution < -0.4 is 0 Å². The van der Waals surface area contributed by atoms with Gasteiger partial charge in [-0.15, -0.1) is 0 Å². The smallest absolute Gasteiger partial charge is 0.454 e. The first-order valence-electron chi connectivity index (χ1n) is 7.66. The van der Waals surface area contributed by atoms with Crippen LogP contribution >= 0.6 is 0 Å². The van der Waals surface area contributed by atoms with Crippen LogP contribution in [-0.2, 0) is 4.74 Å². The molecule has 0 aliphatic rings. The second-order valence-corrected chi connectivity index (χ2v) is 5.53. The summed E-state index contributed by atoms with van der Waals surface area (Å²) in [5.41, 5.74) is 0.697. The van der Waals surface area contributed by atoms with Crippen LogP contribution in [0.2, 0.25) is 0 Å². The molecule has 0 atom stereocenters. The van der Waals surface area contributed by atoms with Crippen LogP contribution in [0.1, 0.15) is 34.1 Å². The zero-order valence-corrected chi connectivity index (χ0v) is 13.3. The molecule has 0 radical (unpaired) electrons. The van der Waals surface area contributed by atoms with Gasteiger partial charge in [0, 0.05) is 17.1 Å². The first-order valence-corrected chi connectivity index (χ1v) is 7.66. The van der Waals surface area contributed by atoms with Crippen molar-refractivity contribution in [2.75, 3.05) is 6.61 Å². The maximum absolute atomic E-state index is 12.7. The summed E-state index contributed by atoms with van der Waals surface area (Å²) in [4.78, 5) is 23.9. The lowest BCUT2D eigenvalue weighted by Crippen LogP contribution is -2.23. The highest BCUT2D eigenvalue weighted by Gasteiger charge is 2.39. The Morgan fingerprint density at radius 3 is 2.48 bits per heavy atom. The maximum Gasteiger partial charge on any atom is 0.454 e. The molecule has 0 amide bonds. The topological polar surface area (TPSA) is 47.8 Å². The molecule has 4 nitrogen and oxygen atoms in total. The minimum atomic E-state index is -4.96. The highest BCUT2D eigenvalue weighted by molar-refractivity contribution is 6.12. The van der Waals surface area contributed by atoms with Crippen LogP contribution in [0.3, 0.4) is 0 Å². The van der Waals surface area contributed by atoms with Crippen molar-refractivity contribution >= 4 is 28.2 Å². The molecule has 0 fully saturated rings. The molecule has 7 heteroatoms. The van der Waals surface area contributed by atoms with E-state index in [1.807, 2.05) is 6.92 Å². The Labute approximate surface area is 140 Å². The molecule has 25 heavy (non-hydrogen) atoms. The molecule has 0 saturated carbocycles. The van der Waals surface area contributed by atoms with Crippen molar-refractivity contribution in [1.29, 1.82) is 0 Å². The van der Waals surface area contributed by atoms with Gasteiger partial charge in [0.25, 0.3) is 5.78 Å². The SMILES string of the molecule is CCCOC(=O)c1c2ccccc2n2cc(C(=O)C(F)(F)F)ccc12. The molecule has 2 aromatic heterocycles. The Kier molecular flexibility index (Phi) is 4.24. The van der Waals surface area contributed by atoms with Gasteiger partial charge in [-0.25, -0.2) is 4.79 Å². The second-order valence-electron chi connectivity index (χ2n) is 5.53. The zero-order chi connectivity index (χ0) is 18.2. The third kappa shape index (κ3) is 2.97. The van der Waals surface area contributed by atoms with Crippen molar-refractivity contribution < 1.29 is 27.5 Å². The summed E-state index contributed by atoms with van der Waals surface area (Å²) >= 11 is 0. The number of carbonyl (C=O) groups excluding carboxylic acids is 2. The van der Waals surface area contributed by atoms with Crippen LogP contribution in [-0.4, -0.2) is 28.9 Å². The van der Waals surface area contributed by atoms with Crippen molar-refractivity contribution in [2.45, 2.75) is 19.5 Å².